The third-order valence-corrected chi connectivity index (χ3v) is 5.30. The van der Waals surface area contributed by atoms with Crippen LogP contribution in [0.15, 0.2) is 24.8 Å². The lowest BCUT2D eigenvalue weighted by Gasteiger charge is -2.36. The van der Waals surface area contributed by atoms with Crippen LogP contribution in [0.25, 0.3) is 5.95 Å². The summed E-state index contributed by atoms with van der Waals surface area (Å²) in [5.41, 5.74) is 5.66. The van der Waals surface area contributed by atoms with Gasteiger partial charge in [0.15, 0.2) is 0 Å². The Morgan fingerprint density at radius 3 is 2.70 bits per heavy atom. The van der Waals surface area contributed by atoms with Crippen molar-refractivity contribution >= 4 is 35.1 Å². The number of hydrogen-bond acceptors (Lipinski definition) is 6. The largest absolute Gasteiger partial charge is 0.368 e. The van der Waals surface area contributed by atoms with Gasteiger partial charge in [-0.15, -0.1) is 0 Å². The average molecular weight is 411 g/mol. The standard InChI is InChI=1S/C18H27ClN6OS/c1-18(2,3)12(6-5-9-27-4)15(16(20)26)23-14-10-13(19)22-17(24-14)25-8-7-21-11-25/h7-8,10-12,15H,5-6,9H2,1-4H3,(H2,20,26)(H,22,23,24). The van der Waals surface area contributed by atoms with E-state index in [1.807, 2.05) is 0 Å². The lowest BCUT2D eigenvalue weighted by Crippen LogP contribution is -2.46. The molecule has 0 aliphatic carbocycles. The van der Waals surface area contributed by atoms with Crippen LogP contribution in [0.4, 0.5) is 5.82 Å². The second kappa shape index (κ2) is 9.41. The molecule has 0 saturated carbocycles. The van der Waals surface area contributed by atoms with E-state index >= 15 is 0 Å². The van der Waals surface area contributed by atoms with Gasteiger partial charge in [0.25, 0.3) is 0 Å². The Balaban J connectivity index is 2.30. The quantitative estimate of drug-likeness (QED) is 0.485. The van der Waals surface area contributed by atoms with Crippen LogP contribution in [0, 0.1) is 11.3 Å². The van der Waals surface area contributed by atoms with E-state index in [1.165, 1.54) is 0 Å². The molecule has 2 heterocycles. The third kappa shape index (κ3) is 6.10. The number of rotatable bonds is 9. The van der Waals surface area contributed by atoms with Crippen molar-refractivity contribution in [3.8, 4) is 5.95 Å². The molecule has 2 unspecified atom stereocenters. The molecule has 0 radical (unpaired) electrons. The van der Waals surface area contributed by atoms with Crippen LogP contribution in [0.3, 0.4) is 0 Å². The number of hydrogen-bond donors (Lipinski definition) is 2. The fourth-order valence-corrected chi connectivity index (χ4v) is 3.68. The number of amides is 1. The highest BCUT2D eigenvalue weighted by Gasteiger charge is 2.35. The van der Waals surface area contributed by atoms with Gasteiger partial charge in [-0.2, -0.15) is 16.7 Å². The summed E-state index contributed by atoms with van der Waals surface area (Å²) in [6.45, 7) is 6.37. The Kier molecular flexibility index (Phi) is 7.49. The molecule has 2 aromatic rings. The fraction of sp³-hybridized carbons (Fsp3) is 0.556. The van der Waals surface area contributed by atoms with Crippen molar-refractivity contribution in [3.63, 3.8) is 0 Å². The van der Waals surface area contributed by atoms with Crippen molar-refractivity contribution < 1.29 is 4.79 Å². The summed E-state index contributed by atoms with van der Waals surface area (Å²) in [4.78, 5) is 24.9. The first kappa shape index (κ1) is 21.5. The molecule has 0 aliphatic rings. The van der Waals surface area contributed by atoms with Gasteiger partial charge in [-0.05, 0) is 36.2 Å². The Hall–Kier alpha value is -1.80. The van der Waals surface area contributed by atoms with Crippen molar-refractivity contribution in [2.75, 3.05) is 17.3 Å². The highest BCUT2D eigenvalue weighted by atomic mass is 35.5. The van der Waals surface area contributed by atoms with Gasteiger partial charge in [0, 0.05) is 18.5 Å². The zero-order chi connectivity index (χ0) is 20.0. The molecule has 2 aromatic heterocycles. The number of nitrogens with one attached hydrogen (secondary N) is 1. The molecule has 1 amide bonds. The number of nitrogens with two attached hydrogens (primary N) is 1. The first-order chi connectivity index (χ1) is 12.7. The van der Waals surface area contributed by atoms with E-state index in [2.05, 4.69) is 47.3 Å². The lowest BCUT2D eigenvalue weighted by molar-refractivity contribution is -0.120. The predicted molar refractivity (Wildman–Crippen MR) is 111 cm³/mol. The van der Waals surface area contributed by atoms with Gasteiger partial charge in [0.2, 0.25) is 11.9 Å². The second-order valence-corrected chi connectivity index (χ2v) is 8.85. The molecule has 148 valence electrons. The number of halogens is 1. The van der Waals surface area contributed by atoms with Gasteiger partial charge in [0.05, 0.1) is 0 Å². The summed E-state index contributed by atoms with van der Waals surface area (Å²) in [5.74, 6) is 1.52. The molecule has 0 spiro atoms. The molecular weight excluding hydrogens is 384 g/mol. The van der Waals surface area contributed by atoms with Crippen molar-refractivity contribution in [1.29, 1.82) is 0 Å². The smallest absolute Gasteiger partial charge is 0.240 e. The number of carbonyl (C=O) groups excluding carboxylic acids is 1. The molecule has 0 aliphatic heterocycles. The molecule has 0 bridgehead atoms. The summed E-state index contributed by atoms with van der Waals surface area (Å²) in [7, 11) is 0. The first-order valence-corrected chi connectivity index (χ1v) is 10.6. The number of aromatic nitrogens is 4. The predicted octanol–water partition coefficient (Wildman–Crippen LogP) is 3.39. The number of carbonyl (C=O) groups is 1. The second-order valence-electron chi connectivity index (χ2n) is 7.48. The Morgan fingerprint density at radius 2 is 2.15 bits per heavy atom. The van der Waals surface area contributed by atoms with Crippen LogP contribution in [-0.2, 0) is 4.79 Å². The topological polar surface area (TPSA) is 98.7 Å². The summed E-state index contributed by atoms with van der Waals surface area (Å²) in [6.07, 6.45) is 8.92. The zero-order valence-electron chi connectivity index (χ0n) is 16.1. The van der Waals surface area contributed by atoms with E-state index in [0.717, 1.165) is 18.6 Å². The first-order valence-electron chi connectivity index (χ1n) is 8.80. The lowest BCUT2D eigenvalue weighted by atomic mass is 9.73. The minimum atomic E-state index is -0.562. The van der Waals surface area contributed by atoms with Gasteiger partial charge >= 0.3 is 0 Å². The van der Waals surface area contributed by atoms with Crippen molar-refractivity contribution in [3.05, 3.63) is 29.9 Å². The normalized spacial score (nSPS) is 14.0. The molecule has 27 heavy (non-hydrogen) atoms. The molecule has 2 atom stereocenters. The van der Waals surface area contributed by atoms with Crippen LogP contribution < -0.4 is 11.1 Å². The van der Waals surface area contributed by atoms with Crippen molar-refractivity contribution in [2.24, 2.45) is 17.1 Å². The number of imidazole rings is 1. The molecule has 7 nitrogen and oxygen atoms in total. The third-order valence-electron chi connectivity index (χ3n) is 4.41. The van der Waals surface area contributed by atoms with E-state index in [9.17, 15) is 4.79 Å². The van der Waals surface area contributed by atoms with Gasteiger partial charge in [0.1, 0.15) is 23.3 Å². The van der Waals surface area contributed by atoms with Crippen molar-refractivity contribution in [2.45, 2.75) is 39.7 Å². The Labute approximate surface area is 169 Å². The molecule has 0 saturated heterocycles. The Bertz CT molecular complexity index is 747. The molecule has 2 rings (SSSR count). The number of anilines is 1. The number of thioether (sulfide) groups is 1. The van der Waals surface area contributed by atoms with Crippen LogP contribution in [-0.4, -0.2) is 43.5 Å². The van der Waals surface area contributed by atoms with Crippen LogP contribution >= 0.6 is 23.4 Å². The maximum Gasteiger partial charge on any atom is 0.240 e. The van der Waals surface area contributed by atoms with Crippen LogP contribution in [0.5, 0.6) is 0 Å². The highest BCUT2D eigenvalue weighted by Crippen LogP contribution is 2.34. The van der Waals surface area contributed by atoms with Gasteiger partial charge < -0.3 is 11.1 Å². The molecular formula is C18H27ClN6OS. The maximum atomic E-state index is 12.3. The average Bonchev–Trinajstić information content (AvgIpc) is 3.10. The Morgan fingerprint density at radius 1 is 1.41 bits per heavy atom. The molecule has 0 aromatic carbocycles. The minimum absolute atomic E-state index is 0.0487. The summed E-state index contributed by atoms with van der Waals surface area (Å²) < 4.78 is 1.65. The fourth-order valence-electron chi connectivity index (χ4n) is 3.05. The van der Waals surface area contributed by atoms with E-state index in [4.69, 9.17) is 17.3 Å². The van der Waals surface area contributed by atoms with Crippen LogP contribution in [0.2, 0.25) is 5.15 Å². The molecule has 3 N–H and O–H groups in total. The minimum Gasteiger partial charge on any atom is -0.368 e. The van der Waals surface area contributed by atoms with E-state index < -0.39 is 11.9 Å². The van der Waals surface area contributed by atoms with Crippen LogP contribution in [0.1, 0.15) is 33.6 Å². The van der Waals surface area contributed by atoms with E-state index in [0.29, 0.717) is 11.8 Å². The number of primary amides is 1. The summed E-state index contributed by atoms with van der Waals surface area (Å²) in [6, 6.07) is 1.04. The molecule has 9 heteroatoms. The summed E-state index contributed by atoms with van der Waals surface area (Å²) in [5, 5.41) is 3.48. The van der Waals surface area contributed by atoms with Gasteiger partial charge in [-0.3, -0.25) is 9.36 Å². The highest BCUT2D eigenvalue weighted by molar-refractivity contribution is 7.98. The molecule has 0 fully saturated rings. The van der Waals surface area contributed by atoms with E-state index in [-0.39, 0.29) is 16.5 Å². The van der Waals surface area contributed by atoms with Crippen molar-refractivity contribution in [1.82, 2.24) is 19.5 Å². The maximum absolute atomic E-state index is 12.3. The van der Waals surface area contributed by atoms with Gasteiger partial charge in [-0.1, -0.05) is 32.4 Å². The summed E-state index contributed by atoms with van der Waals surface area (Å²) >= 11 is 7.96. The van der Waals surface area contributed by atoms with E-state index in [1.54, 1.807) is 41.1 Å². The zero-order valence-corrected chi connectivity index (χ0v) is 17.7. The SMILES string of the molecule is CSCCCC(C(Nc1cc(Cl)nc(-n2ccnc2)n1)C(N)=O)C(C)(C)C. The van der Waals surface area contributed by atoms with Gasteiger partial charge in [-0.25, -0.2) is 9.97 Å². The number of nitrogens with zero attached hydrogens (tertiary/aromatic N) is 4. The monoisotopic (exact) mass is 410 g/mol.